The van der Waals surface area contributed by atoms with Crippen molar-refractivity contribution in [3.63, 3.8) is 0 Å². The molecule has 1 heterocycles. The Morgan fingerprint density at radius 3 is 2.21 bits per heavy atom. The molecule has 172 valence electrons. The number of nitrogens with one attached hydrogen (secondary N) is 2. The monoisotopic (exact) mass is 484 g/mol. The number of hydrogen-bond acceptors (Lipinski definition) is 4. The molecule has 0 aliphatic heterocycles. The van der Waals surface area contributed by atoms with Gasteiger partial charge in [0.2, 0.25) is 0 Å². The number of halogens is 1. The number of para-hydroxylation sites is 1. The van der Waals surface area contributed by atoms with E-state index in [0.29, 0.717) is 17.2 Å². The Morgan fingerprint density at radius 1 is 0.939 bits per heavy atom. The van der Waals surface area contributed by atoms with Gasteiger partial charge in [-0.25, -0.2) is 8.42 Å². The van der Waals surface area contributed by atoms with E-state index in [1.54, 1.807) is 30.3 Å². The van der Waals surface area contributed by atoms with Gasteiger partial charge in [-0.1, -0.05) is 54.1 Å². The lowest BCUT2D eigenvalue weighted by atomic mass is 10.1. The molecule has 0 amide bonds. The van der Waals surface area contributed by atoms with Crippen LogP contribution in [0.25, 0.3) is 22.2 Å². The first kappa shape index (κ1) is 24.4. The molecule has 0 fully saturated rings. The first-order valence-corrected chi connectivity index (χ1v) is 12.0. The Balaban J connectivity index is 0.000000383. The molecule has 0 atom stereocenters. The molecule has 1 aromatic heterocycles. The number of rotatable bonds is 5. The molecular weight excluding hydrogens is 460 g/mol. The second-order valence-corrected chi connectivity index (χ2v) is 10.3. The van der Waals surface area contributed by atoms with E-state index in [0.717, 1.165) is 22.2 Å². The van der Waals surface area contributed by atoms with Gasteiger partial charge in [-0.15, -0.1) is 0 Å². The predicted octanol–water partition coefficient (Wildman–Crippen LogP) is 6.25. The average Bonchev–Trinajstić information content (AvgIpc) is 3.20. The lowest BCUT2D eigenvalue weighted by Gasteiger charge is -2.14. The number of aromatic nitrogens is 1. The van der Waals surface area contributed by atoms with E-state index in [-0.39, 0.29) is 10.5 Å². The lowest BCUT2D eigenvalue weighted by Crippen LogP contribution is -2.17. The second kappa shape index (κ2) is 10.1. The van der Waals surface area contributed by atoms with Crippen molar-refractivity contribution in [3.8, 4) is 11.3 Å². The van der Waals surface area contributed by atoms with Gasteiger partial charge in [-0.2, -0.15) is 0 Å². The molecule has 4 aromatic rings. The number of ether oxygens (including phenoxy) is 1. The van der Waals surface area contributed by atoms with Gasteiger partial charge in [0.1, 0.15) is 5.60 Å². The molecule has 0 saturated heterocycles. The largest absolute Gasteiger partial charge is 0.462 e. The van der Waals surface area contributed by atoms with Crippen LogP contribution in [0.3, 0.4) is 0 Å². The van der Waals surface area contributed by atoms with Crippen molar-refractivity contribution in [2.24, 2.45) is 0 Å². The Bertz CT molecular complexity index is 1310. The number of hydrogen-bond donors (Lipinski definition) is 2. The van der Waals surface area contributed by atoms with Crippen LogP contribution in [0.5, 0.6) is 0 Å². The maximum atomic E-state index is 12.6. The molecule has 4 rings (SSSR count). The number of aromatic amines is 1. The highest BCUT2D eigenvalue weighted by Gasteiger charge is 2.16. The number of carbonyl (C=O) groups excluding carboxylic acids is 1. The standard InChI is InChI=1S/C20H15ClN2O2S.C5H10O2/c21-17-11-10-15(19-12-14-6-4-5-9-18(14)22-19)13-20(17)23-26(24,25)16-7-2-1-3-8-16;1-5(2,3)7-4-6/h1-13,22-23H;4H,1-3H3. The fourth-order valence-electron chi connectivity index (χ4n) is 2.95. The van der Waals surface area contributed by atoms with Gasteiger partial charge in [-0.3, -0.25) is 9.52 Å². The molecule has 0 spiro atoms. The van der Waals surface area contributed by atoms with Gasteiger partial charge in [0.25, 0.3) is 16.5 Å². The van der Waals surface area contributed by atoms with Crippen LogP contribution in [-0.4, -0.2) is 25.5 Å². The van der Waals surface area contributed by atoms with Crippen LogP contribution in [0.2, 0.25) is 5.02 Å². The summed E-state index contributed by atoms with van der Waals surface area (Å²) in [5.41, 5.74) is 2.77. The molecule has 3 aromatic carbocycles. The van der Waals surface area contributed by atoms with Crippen molar-refractivity contribution in [1.29, 1.82) is 0 Å². The van der Waals surface area contributed by atoms with Crippen molar-refractivity contribution in [3.05, 3.63) is 83.9 Å². The lowest BCUT2D eigenvalue weighted by molar-refractivity contribution is -0.138. The number of benzene rings is 3. The third kappa shape index (κ3) is 6.60. The summed E-state index contributed by atoms with van der Waals surface area (Å²) < 4.78 is 32.3. The summed E-state index contributed by atoms with van der Waals surface area (Å²) in [5.74, 6) is 0. The summed E-state index contributed by atoms with van der Waals surface area (Å²) in [7, 11) is -3.70. The average molecular weight is 485 g/mol. The molecular formula is C25H25ClN2O4S. The molecule has 8 heteroatoms. The quantitative estimate of drug-likeness (QED) is 0.328. The number of fused-ring (bicyclic) bond motifs is 1. The first-order chi connectivity index (χ1) is 15.6. The van der Waals surface area contributed by atoms with Crippen molar-refractivity contribution in [1.82, 2.24) is 4.98 Å². The normalized spacial score (nSPS) is 11.4. The van der Waals surface area contributed by atoms with Crippen molar-refractivity contribution in [2.45, 2.75) is 31.3 Å². The fourth-order valence-corrected chi connectivity index (χ4v) is 4.26. The summed E-state index contributed by atoms with van der Waals surface area (Å²) in [6.07, 6.45) is 0. The van der Waals surface area contributed by atoms with E-state index in [4.69, 9.17) is 11.6 Å². The minimum atomic E-state index is -3.70. The van der Waals surface area contributed by atoms with Crippen LogP contribution in [-0.2, 0) is 19.6 Å². The molecule has 0 aliphatic carbocycles. The van der Waals surface area contributed by atoms with Crippen LogP contribution in [0.15, 0.2) is 83.8 Å². The molecule has 0 aliphatic rings. The Hall–Kier alpha value is -3.29. The summed E-state index contributed by atoms with van der Waals surface area (Å²) in [6.45, 7) is 5.92. The van der Waals surface area contributed by atoms with Gasteiger partial charge < -0.3 is 9.72 Å². The maximum absolute atomic E-state index is 12.6. The predicted molar refractivity (Wildman–Crippen MR) is 133 cm³/mol. The molecule has 0 radical (unpaired) electrons. The van der Waals surface area contributed by atoms with Crippen molar-refractivity contribution in [2.75, 3.05) is 4.72 Å². The van der Waals surface area contributed by atoms with Gasteiger partial charge in [-0.05, 0) is 57.2 Å². The molecule has 6 nitrogen and oxygen atoms in total. The third-order valence-electron chi connectivity index (χ3n) is 4.51. The zero-order valence-electron chi connectivity index (χ0n) is 18.5. The van der Waals surface area contributed by atoms with Crippen LogP contribution in [0, 0.1) is 0 Å². The van der Waals surface area contributed by atoms with E-state index in [1.165, 1.54) is 12.1 Å². The summed E-state index contributed by atoms with van der Waals surface area (Å²) >= 11 is 6.22. The van der Waals surface area contributed by atoms with E-state index in [1.807, 2.05) is 57.2 Å². The van der Waals surface area contributed by atoms with Crippen molar-refractivity contribution >= 4 is 44.7 Å². The highest BCUT2D eigenvalue weighted by Crippen LogP contribution is 2.31. The van der Waals surface area contributed by atoms with Gasteiger partial charge in [0.15, 0.2) is 0 Å². The van der Waals surface area contributed by atoms with Crippen LogP contribution >= 0.6 is 11.6 Å². The smallest absolute Gasteiger partial charge is 0.293 e. The van der Waals surface area contributed by atoms with E-state index in [9.17, 15) is 13.2 Å². The second-order valence-electron chi connectivity index (χ2n) is 8.21. The number of H-pyrrole nitrogens is 1. The number of anilines is 1. The Labute approximate surface area is 198 Å². The zero-order chi connectivity index (χ0) is 24.1. The van der Waals surface area contributed by atoms with E-state index in [2.05, 4.69) is 14.4 Å². The Morgan fingerprint density at radius 2 is 1.61 bits per heavy atom. The molecule has 0 unspecified atom stereocenters. The highest BCUT2D eigenvalue weighted by atomic mass is 35.5. The SMILES string of the molecule is CC(C)(C)OC=O.O=S(=O)(Nc1cc(-c2cc3ccccc3[nH]2)ccc1Cl)c1ccccc1. The summed E-state index contributed by atoms with van der Waals surface area (Å²) in [5, 5.41) is 1.42. The topological polar surface area (TPSA) is 88.3 Å². The van der Waals surface area contributed by atoms with Crippen LogP contribution in [0.4, 0.5) is 5.69 Å². The molecule has 0 saturated carbocycles. The molecule has 33 heavy (non-hydrogen) atoms. The maximum Gasteiger partial charge on any atom is 0.293 e. The highest BCUT2D eigenvalue weighted by molar-refractivity contribution is 7.92. The van der Waals surface area contributed by atoms with Crippen LogP contribution in [0.1, 0.15) is 20.8 Å². The fraction of sp³-hybridized carbons (Fsp3) is 0.160. The van der Waals surface area contributed by atoms with E-state index < -0.39 is 10.0 Å². The molecule has 2 N–H and O–H groups in total. The van der Waals surface area contributed by atoms with Gasteiger partial charge in [0.05, 0.1) is 15.6 Å². The van der Waals surface area contributed by atoms with Crippen molar-refractivity contribution < 1.29 is 17.9 Å². The van der Waals surface area contributed by atoms with Crippen LogP contribution < -0.4 is 4.72 Å². The first-order valence-electron chi connectivity index (χ1n) is 10.2. The van der Waals surface area contributed by atoms with Gasteiger partial charge in [0, 0.05) is 22.2 Å². The number of sulfonamides is 1. The minimum absolute atomic E-state index is 0.187. The zero-order valence-corrected chi connectivity index (χ0v) is 20.1. The number of carbonyl (C=O) groups is 1. The van der Waals surface area contributed by atoms with E-state index >= 15 is 0 Å². The molecule has 0 bridgehead atoms. The summed E-state index contributed by atoms with van der Waals surface area (Å²) in [4.78, 5) is 13.1. The third-order valence-corrected chi connectivity index (χ3v) is 6.22. The minimum Gasteiger partial charge on any atom is -0.462 e. The summed E-state index contributed by atoms with van der Waals surface area (Å²) in [6, 6.07) is 23.4. The Kier molecular flexibility index (Phi) is 7.46. The van der Waals surface area contributed by atoms with Gasteiger partial charge >= 0.3 is 0 Å².